The minimum absolute atomic E-state index is 0.0272. The van der Waals surface area contributed by atoms with Crippen molar-refractivity contribution in [2.45, 2.75) is 51.4 Å². The fourth-order valence-electron chi connectivity index (χ4n) is 2.03. The summed E-state index contributed by atoms with van der Waals surface area (Å²) in [6.45, 7) is 6.07. The Morgan fingerprint density at radius 3 is 2.20 bits per heavy atom. The van der Waals surface area contributed by atoms with Gasteiger partial charge in [0.2, 0.25) is 5.91 Å². The zero-order valence-electron chi connectivity index (χ0n) is 12.1. The lowest BCUT2D eigenvalue weighted by atomic mass is 9.91. The Morgan fingerprint density at radius 1 is 1.30 bits per heavy atom. The van der Waals surface area contributed by atoms with Gasteiger partial charge in [-0.2, -0.15) is 13.2 Å². The van der Waals surface area contributed by atoms with Crippen LogP contribution in [0, 0.1) is 5.92 Å². The SMILES string of the molecule is CC(C)C(C)NC(=O)CN1CCC(O)(C(F)(F)F)CC1. The second-order valence-electron chi connectivity index (χ2n) is 5.91. The van der Waals surface area contributed by atoms with Gasteiger partial charge in [-0.3, -0.25) is 9.69 Å². The molecule has 4 nitrogen and oxygen atoms in total. The van der Waals surface area contributed by atoms with Crippen molar-refractivity contribution in [3.05, 3.63) is 0 Å². The van der Waals surface area contributed by atoms with Crippen molar-refractivity contribution in [1.82, 2.24) is 10.2 Å². The lowest BCUT2D eigenvalue weighted by molar-refractivity contribution is -0.272. The van der Waals surface area contributed by atoms with Crippen LogP contribution in [0.3, 0.4) is 0 Å². The molecular weight excluding hydrogens is 273 g/mol. The van der Waals surface area contributed by atoms with Crippen LogP contribution >= 0.6 is 0 Å². The van der Waals surface area contributed by atoms with E-state index in [1.807, 2.05) is 20.8 Å². The van der Waals surface area contributed by atoms with Gasteiger partial charge in [0.25, 0.3) is 0 Å². The van der Waals surface area contributed by atoms with Crippen LogP contribution in [-0.4, -0.2) is 53.4 Å². The van der Waals surface area contributed by atoms with Gasteiger partial charge in [0.15, 0.2) is 5.60 Å². The number of nitrogens with one attached hydrogen (secondary N) is 1. The number of halogens is 3. The number of aliphatic hydroxyl groups is 1. The monoisotopic (exact) mass is 296 g/mol. The van der Waals surface area contributed by atoms with Crippen LogP contribution in [0.1, 0.15) is 33.6 Å². The van der Waals surface area contributed by atoms with E-state index in [0.29, 0.717) is 5.92 Å². The van der Waals surface area contributed by atoms with Gasteiger partial charge in [0.05, 0.1) is 6.54 Å². The van der Waals surface area contributed by atoms with Gasteiger partial charge in [0, 0.05) is 19.1 Å². The van der Waals surface area contributed by atoms with Crippen molar-refractivity contribution in [2.24, 2.45) is 5.92 Å². The van der Waals surface area contributed by atoms with Gasteiger partial charge >= 0.3 is 6.18 Å². The predicted molar refractivity (Wildman–Crippen MR) is 69.1 cm³/mol. The zero-order valence-corrected chi connectivity index (χ0v) is 12.1. The Bertz CT molecular complexity index is 337. The molecule has 0 spiro atoms. The van der Waals surface area contributed by atoms with Gasteiger partial charge in [-0.25, -0.2) is 0 Å². The number of carbonyl (C=O) groups is 1. The van der Waals surface area contributed by atoms with E-state index >= 15 is 0 Å². The van der Waals surface area contributed by atoms with E-state index in [2.05, 4.69) is 5.32 Å². The normalized spacial score (nSPS) is 21.8. The highest BCUT2D eigenvalue weighted by molar-refractivity contribution is 5.78. The number of amides is 1. The number of alkyl halides is 3. The fourth-order valence-corrected chi connectivity index (χ4v) is 2.03. The number of rotatable bonds is 4. The molecule has 1 fully saturated rings. The zero-order chi connectivity index (χ0) is 15.6. The van der Waals surface area contributed by atoms with Crippen LogP contribution in [0.2, 0.25) is 0 Å². The third-order valence-electron chi connectivity index (χ3n) is 3.97. The summed E-state index contributed by atoms with van der Waals surface area (Å²) in [4.78, 5) is 13.4. The molecule has 0 aromatic heterocycles. The molecule has 0 aromatic carbocycles. The maximum atomic E-state index is 12.6. The molecule has 118 valence electrons. The summed E-state index contributed by atoms with van der Waals surface area (Å²) in [7, 11) is 0. The number of nitrogens with zero attached hydrogens (tertiary/aromatic N) is 1. The van der Waals surface area contributed by atoms with Gasteiger partial charge in [-0.15, -0.1) is 0 Å². The molecule has 1 saturated heterocycles. The first-order valence-electron chi connectivity index (χ1n) is 6.86. The van der Waals surface area contributed by atoms with Crippen molar-refractivity contribution >= 4 is 5.91 Å². The minimum Gasteiger partial charge on any atom is -0.380 e. The predicted octanol–water partition coefficient (Wildman–Crippen LogP) is 1.54. The van der Waals surface area contributed by atoms with E-state index in [9.17, 15) is 23.1 Å². The quantitative estimate of drug-likeness (QED) is 0.827. The van der Waals surface area contributed by atoms with E-state index in [-0.39, 0.29) is 44.4 Å². The third-order valence-corrected chi connectivity index (χ3v) is 3.97. The molecular formula is C13H23F3N2O2. The van der Waals surface area contributed by atoms with Crippen LogP contribution in [0.15, 0.2) is 0 Å². The second kappa shape index (κ2) is 6.30. The van der Waals surface area contributed by atoms with Gasteiger partial charge in [0.1, 0.15) is 0 Å². The fraction of sp³-hybridized carbons (Fsp3) is 0.923. The largest absolute Gasteiger partial charge is 0.417 e. The molecule has 0 aromatic rings. The van der Waals surface area contributed by atoms with Crippen LogP contribution in [0.4, 0.5) is 13.2 Å². The first kappa shape index (κ1) is 17.2. The summed E-state index contributed by atoms with van der Waals surface area (Å²) < 4.78 is 37.9. The number of carbonyl (C=O) groups excluding carboxylic acids is 1. The average molecular weight is 296 g/mol. The topological polar surface area (TPSA) is 52.6 Å². The van der Waals surface area contributed by atoms with E-state index in [0.717, 1.165) is 0 Å². The molecule has 1 aliphatic heterocycles. The Hall–Kier alpha value is -0.820. The van der Waals surface area contributed by atoms with Crippen LogP contribution in [0.25, 0.3) is 0 Å². The van der Waals surface area contributed by atoms with Gasteiger partial charge in [-0.05, 0) is 25.7 Å². The van der Waals surface area contributed by atoms with Crippen molar-refractivity contribution in [1.29, 1.82) is 0 Å². The molecule has 0 radical (unpaired) electrons. The molecule has 0 saturated carbocycles. The molecule has 1 heterocycles. The Morgan fingerprint density at radius 2 is 1.80 bits per heavy atom. The number of hydrogen-bond donors (Lipinski definition) is 2. The molecule has 1 rings (SSSR count). The molecule has 7 heteroatoms. The molecule has 1 unspecified atom stereocenters. The summed E-state index contributed by atoms with van der Waals surface area (Å²) in [5, 5.41) is 12.3. The van der Waals surface area contributed by atoms with Crippen molar-refractivity contribution in [3.63, 3.8) is 0 Å². The van der Waals surface area contributed by atoms with Crippen molar-refractivity contribution < 1.29 is 23.1 Å². The van der Waals surface area contributed by atoms with E-state index in [4.69, 9.17) is 0 Å². The van der Waals surface area contributed by atoms with Gasteiger partial charge < -0.3 is 10.4 Å². The summed E-state index contributed by atoms with van der Waals surface area (Å²) in [5.41, 5.74) is -2.61. The second-order valence-corrected chi connectivity index (χ2v) is 5.91. The Labute approximate surface area is 117 Å². The van der Waals surface area contributed by atoms with Crippen molar-refractivity contribution in [3.8, 4) is 0 Å². The molecule has 1 aliphatic rings. The summed E-state index contributed by atoms with van der Waals surface area (Å²) in [6, 6.07) is 0.0272. The standard InChI is InChI=1S/C13H23F3N2O2/c1-9(2)10(3)17-11(19)8-18-6-4-12(20,5-7-18)13(14,15)16/h9-10,20H,4-8H2,1-3H3,(H,17,19). The first-order valence-corrected chi connectivity index (χ1v) is 6.86. The average Bonchev–Trinajstić information content (AvgIpc) is 2.30. The highest BCUT2D eigenvalue weighted by atomic mass is 19.4. The smallest absolute Gasteiger partial charge is 0.380 e. The molecule has 1 amide bonds. The Kier molecular flexibility index (Phi) is 5.43. The van der Waals surface area contributed by atoms with E-state index in [1.165, 1.54) is 0 Å². The number of piperidine rings is 1. The summed E-state index contributed by atoms with van der Waals surface area (Å²) in [6.07, 6.45) is -5.37. The molecule has 0 aliphatic carbocycles. The van der Waals surface area contributed by atoms with E-state index in [1.54, 1.807) is 4.90 Å². The first-order chi connectivity index (χ1) is 9.05. The summed E-state index contributed by atoms with van der Waals surface area (Å²) in [5.74, 6) is 0.110. The highest BCUT2D eigenvalue weighted by Crippen LogP contribution is 2.38. The van der Waals surface area contributed by atoms with E-state index < -0.39 is 11.8 Å². The van der Waals surface area contributed by atoms with Gasteiger partial charge in [-0.1, -0.05) is 13.8 Å². The molecule has 1 atom stereocenters. The lowest BCUT2D eigenvalue weighted by Gasteiger charge is -2.38. The molecule has 20 heavy (non-hydrogen) atoms. The Balaban J connectivity index is 2.41. The molecule has 2 N–H and O–H groups in total. The number of likely N-dealkylation sites (tertiary alicyclic amines) is 1. The maximum Gasteiger partial charge on any atom is 0.417 e. The van der Waals surface area contributed by atoms with Crippen LogP contribution < -0.4 is 5.32 Å². The number of hydrogen-bond acceptors (Lipinski definition) is 3. The summed E-state index contributed by atoms with van der Waals surface area (Å²) >= 11 is 0. The van der Waals surface area contributed by atoms with Crippen LogP contribution in [0.5, 0.6) is 0 Å². The highest BCUT2D eigenvalue weighted by Gasteiger charge is 2.54. The molecule has 0 bridgehead atoms. The third kappa shape index (κ3) is 4.34. The van der Waals surface area contributed by atoms with Crippen LogP contribution in [-0.2, 0) is 4.79 Å². The maximum absolute atomic E-state index is 12.6. The minimum atomic E-state index is -4.60. The van der Waals surface area contributed by atoms with Crippen molar-refractivity contribution in [2.75, 3.05) is 19.6 Å². The lowest BCUT2D eigenvalue weighted by Crippen LogP contribution is -2.54.